The number of ether oxygens (including phenoxy) is 1. The van der Waals surface area contributed by atoms with E-state index in [9.17, 15) is 9.59 Å². The largest absolute Gasteiger partial charge is 0.481 e. The maximum atomic E-state index is 11.7. The van der Waals surface area contributed by atoms with Crippen LogP contribution in [0.1, 0.15) is 23.9 Å². The highest BCUT2D eigenvalue weighted by Crippen LogP contribution is 2.12. The van der Waals surface area contributed by atoms with Crippen molar-refractivity contribution in [2.24, 2.45) is 0 Å². The minimum atomic E-state index is -1.01. The van der Waals surface area contributed by atoms with Crippen LogP contribution in [0.2, 0.25) is 0 Å². The minimum absolute atomic E-state index is 0.103. The molecule has 1 atom stereocenters. The van der Waals surface area contributed by atoms with Gasteiger partial charge in [0.1, 0.15) is 0 Å². The van der Waals surface area contributed by atoms with Crippen LogP contribution in [-0.4, -0.2) is 36.2 Å². The normalized spacial score (nSPS) is 14.0. The number of carboxylic acids is 1. The van der Waals surface area contributed by atoms with Gasteiger partial charge in [0.15, 0.2) is 5.76 Å². The zero-order valence-electron chi connectivity index (χ0n) is 9.73. The maximum absolute atomic E-state index is 11.7. The van der Waals surface area contributed by atoms with Crippen molar-refractivity contribution in [3.63, 3.8) is 0 Å². The summed E-state index contributed by atoms with van der Waals surface area (Å²) in [5, 5.41) is 11.4. The van der Waals surface area contributed by atoms with E-state index in [-0.39, 0.29) is 18.8 Å². The van der Waals surface area contributed by atoms with Crippen LogP contribution in [0.3, 0.4) is 0 Å². The van der Waals surface area contributed by atoms with Crippen LogP contribution in [0.25, 0.3) is 0 Å². The van der Waals surface area contributed by atoms with E-state index >= 15 is 0 Å². The van der Waals surface area contributed by atoms with Crippen LogP contribution in [0.4, 0.5) is 0 Å². The third-order valence-corrected chi connectivity index (χ3v) is 2.16. The molecule has 0 fully saturated rings. The molecular weight excluding hydrogens is 226 g/mol. The lowest BCUT2D eigenvalue weighted by atomic mass is 9.99. The molecule has 2 N–H and O–H groups in total. The SMILES string of the molecule is COCC(C)(CC(=O)O)NC(=O)c1ccco1. The second-order valence-corrected chi connectivity index (χ2v) is 4.00. The molecular formula is C11H15NO5. The fourth-order valence-electron chi connectivity index (χ4n) is 1.53. The Morgan fingerprint density at radius 2 is 2.29 bits per heavy atom. The van der Waals surface area contributed by atoms with E-state index in [2.05, 4.69) is 5.32 Å². The topological polar surface area (TPSA) is 88.8 Å². The Bertz CT molecular complexity index is 387. The fourth-order valence-corrected chi connectivity index (χ4v) is 1.53. The predicted molar refractivity (Wildman–Crippen MR) is 58.7 cm³/mol. The van der Waals surface area contributed by atoms with Gasteiger partial charge in [0, 0.05) is 7.11 Å². The first-order chi connectivity index (χ1) is 7.97. The smallest absolute Gasteiger partial charge is 0.305 e. The van der Waals surface area contributed by atoms with Gasteiger partial charge in [-0.25, -0.2) is 0 Å². The first-order valence-electron chi connectivity index (χ1n) is 5.03. The molecule has 1 amide bonds. The average molecular weight is 241 g/mol. The summed E-state index contributed by atoms with van der Waals surface area (Å²) in [5.74, 6) is -1.34. The summed E-state index contributed by atoms with van der Waals surface area (Å²) < 4.78 is 9.84. The summed E-state index contributed by atoms with van der Waals surface area (Å²) in [7, 11) is 1.44. The van der Waals surface area contributed by atoms with E-state index in [4.69, 9.17) is 14.3 Å². The molecule has 6 heteroatoms. The number of furan rings is 1. The molecule has 1 aromatic heterocycles. The first kappa shape index (κ1) is 13.2. The van der Waals surface area contributed by atoms with Gasteiger partial charge in [-0.1, -0.05) is 0 Å². The number of hydrogen-bond donors (Lipinski definition) is 2. The van der Waals surface area contributed by atoms with Gasteiger partial charge in [0.05, 0.1) is 24.8 Å². The summed E-state index contributed by atoms with van der Waals surface area (Å²) in [6.07, 6.45) is 1.15. The fraction of sp³-hybridized carbons (Fsp3) is 0.455. The standard InChI is InChI=1S/C11H15NO5/c1-11(7-16-2,6-9(13)14)12-10(15)8-4-3-5-17-8/h3-5H,6-7H2,1-2H3,(H,12,15)(H,13,14). The zero-order valence-corrected chi connectivity index (χ0v) is 9.73. The van der Waals surface area contributed by atoms with Gasteiger partial charge in [0.25, 0.3) is 5.91 Å². The van der Waals surface area contributed by atoms with E-state index < -0.39 is 17.4 Å². The predicted octanol–water partition coefficient (Wildman–Crippen LogP) is 0.889. The Hall–Kier alpha value is -1.82. The van der Waals surface area contributed by atoms with E-state index in [1.54, 1.807) is 13.0 Å². The van der Waals surface area contributed by atoms with E-state index in [1.165, 1.54) is 19.4 Å². The van der Waals surface area contributed by atoms with Crippen molar-refractivity contribution in [3.8, 4) is 0 Å². The van der Waals surface area contributed by atoms with Crippen molar-refractivity contribution >= 4 is 11.9 Å². The molecule has 6 nitrogen and oxygen atoms in total. The second kappa shape index (κ2) is 5.49. The molecule has 1 heterocycles. The van der Waals surface area contributed by atoms with Crippen molar-refractivity contribution in [2.75, 3.05) is 13.7 Å². The molecule has 0 saturated heterocycles. The van der Waals surface area contributed by atoms with Gasteiger partial charge in [-0.15, -0.1) is 0 Å². The number of methoxy groups -OCH3 is 1. The third kappa shape index (κ3) is 3.92. The lowest BCUT2D eigenvalue weighted by Crippen LogP contribution is -2.50. The van der Waals surface area contributed by atoms with E-state index in [0.29, 0.717) is 0 Å². The molecule has 1 rings (SSSR count). The van der Waals surface area contributed by atoms with Crippen molar-refractivity contribution in [3.05, 3.63) is 24.2 Å². The number of amides is 1. The molecule has 0 aliphatic heterocycles. The molecule has 0 aliphatic rings. The summed E-state index contributed by atoms with van der Waals surface area (Å²) in [6, 6.07) is 3.09. The van der Waals surface area contributed by atoms with Crippen LogP contribution in [0.5, 0.6) is 0 Å². The Morgan fingerprint density at radius 3 is 2.76 bits per heavy atom. The Kier molecular flexibility index (Phi) is 4.28. The van der Waals surface area contributed by atoms with E-state index in [0.717, 1.165) is 0 Å². The highest BCUT2D eigenvalue weighted by Gasteiger charge is 2.30. The second-order valence-electron chi connectivity index (χ2n) is 4.00. The lowest BCUT2D eigenvalue weighted by molar-refractivity contribution is -0.139. The van der Waals surface area contributed by atoms with Crippen molar-refractivity contribution in [1.29, 1.82) is 0 Å². The monoisotopic (exact) mass is 241 g/mol. The quantitative estimate of drug-likeness (QED) is 0.772. The molecule has 17 heavy (non-hydrogen) atoms. The Morgan fingerprint density at radius 1 is 1.59 bits per heavy atom. The molecule has 0 bridgehead atoms. The first-order valence-corrected chi connectivity index (χ1v) is 5.03. The zero-order chi connectivity index (χ0) is 12.9. The van der Waals surface area contributed by atoms with Crippen LogP contribution >= 0.6 is 0 Å². The van der Waals surface area contributed by atoms with Gasteiger partial charge in [-0.05, 0) is 19.1 Å². The number of carbonyl (C=O) groups excluding carboxylic acids is 1. The number of aliphatic carboxylic acids is 1. The summed E-state index contributed by atoms with van der Waals surface area (Å²) >= 11 is 0. The summed E-state index contributed by atoms with van der Waals surface area (Å²) in [6.45, 7) is 1.71. The van der Waals surface area contributed by atoms with Gasteiger partial charge in [-0.3, -0.25) is 9.59 Å². The Labute approximate surface area is 98.6 Å². The molecule has 94 valence electrons. The van der Waals surface area contributed by atoms with Gasteiger partial charge >= 0.3 is 5.97 Å². The third-order valence-electron chi connectivity index (χ3n) is 2.16. The van der Waals surface area contributed by atoms with Crippen LogP contribution < -0.4 is 5.32 Å². The lowest BCUT2D eigenvalue weighted by Gasteiger charge is -2.27. The van der Waals surface area contributed by atoms with Crippen LogP contribution in [0.15, 0.2) is 22.8 Å². The highest BCUT2D eigenvalue weighted by molar-refractivity contribution is 5.92. The highest BCUT2D eigenvalue weighted by atomic mass is 16.5. The summed E-state index contributed by atoms with van der Waals surface area (Å²) in [4.78, 5) is 22.5. The van der Waals surface area contributed by atoms with Crippen molar-refractivity contribution in [2.45, 2.75) is 18.9 Å². The van der Waals surface area contributed by atoms with Crippen molar-refractivity contribution < 1.29 is 23.8 Å². The van der Waals surface area contributed by atoms with Gasteiger partial charge < -0.3 is 19.6 Å². The molecule has 0 radical (unpaired) electrons. The van der Waals surface area contributed by atoms with E-state index in [1.807, 2.05) is 0 Å². The number of hydrogen-bond acceptors (Lipinski definition) is 4. The number of rotatable bonds is 6. The molecule has 0 aromatic carbocycles. The summed E-state index contributed by atoms with van der Waals surface area (Å²) in [5.41, 5.74) is -0.968. The molecule has 0 saturated carbocycles. The molecule has 1 aromatic rings. The Balaban J connectivity index is 2.72. The molecule has 1 unspecified atom stereocenters. The van der Waals surface area contributed by atoms with Crippen molar-refractivity contribution in [1.82, 2.24) is 5.32 Å². The molecule has 0 aliphatic carbocycles. The maximum Gasteiger partial charge on any atom is 0.305 e. The number of carboxylic acid groups (broad SMARTS) is 1. The van der Waals surface area contributed by atoms with Gasteiger partial charge in [-0.2, -0.15) is 0 Å². The van der Waals surface area contributed by atoms with Crippen LogP contribution in [0, 0.1) is 0 Å². The number of carbonyl (C=O) groups is 2. The van der Waals surface area contributed by atoms with Crippen LogP contribution in [-0.2, 0) is 9.53 Å². The molecule has 0 spiro atoms. The number of nitrogens with one attached hydrogen (secondary N) is 1. The average Bonchev–Trinajstić information content (AvgIpc) is 2.68. The minimum Gasteiger partial charge on any atom is -0.481 e. The van der Waals surface area contributed by atoms with Gasteiger partial charge in [0.2, 0.25) is 0 Å².